The lowest BCUT2D eigenvalue weighted by atomic mass is 10.1. The van der Waals surface area contributed by atoms with Crippen LogP contribution >= 0.6 is 23.2 Å². The lowest BCUT2D eigenvalue weighted by Crippen LogP contribution is -2.10. The number of aromatic nitrogens is 2. The average Bonchev–Trinajstić information content (AvgIpc) is 2.68. The number of carbonyl (C=O) groups excluding carboxylic acids is 1. The fraction of sp³-hybridized carbons (Fsp3) is 0.167. The highest BCUT2D eigenvalue weighted by Gasteiger charge is 2.21. The van der Waals surface area contributed by atoms with Gasteiger partial charge in [-0.05, 0) is 18.2 Å². The van der Waals surface area contributed by atoms with Crippen molar-refractivity contribution in [3.05, 3.63) is 45.7 Å². The number of hydrogen-bond donors (Lipinski definition) is 0. The monoisotopic (exact) mass is 284 g/mol. The molecule has 1 aromatic heterocycles. The van der Waals surface area contributed by atoms with Crippen molar-refractivity contribution in [3.63, 3.8) is 0 Å². The second-order valence-electron chi connectivity index (χ2n) is 3.64. The minimum Gasteiger partial charge on any atom is -0.496 e. The minimum absolute atomic E-state index is 0.256. The zero-order valence-corrected chi connectivity index (χ0v) is 11.3. The zero-order chi connectivity index (χ0) is 13.3. The van der Waals surface area contributed by atoms with Crippen molar-refractivity contribution in [2.24, 2.45) is 7.05 Å². The van der Waals surface area contributed by atoms with Gasteiger partial charge in [-0.3, -0.25) is 9.48 Å². The third-order valence-electron chi connectivity index (χ3n) is 2.52. The molecular weight excluding hydrogens is 275 g/mol. The number of halogens is 2. The molecule has 0 bridgehead atoms. The smallest absolute Gasteiger partial charge is 0.216 e. The Morgan fingerprint density at radius 2 is 2.11 bits per heavy atom. The Labute approximate surface area is 114 Å². The Kier molecular flexibility index (Phi) is 3.59. The maximum absolute atomic E-state index is 12.4. The summed E-state index contributed by atoms with van der Waals surface area (Å²) < 4.78 is 6.58. The summed E-state index contributed by atoms with van der Waals surface area (Å²) >= 11 is 11.8. The molecule has 94 valence electrons. The first-order chi connectivity index (χ1) is 8.54. The molecule has 1 aromatic carbocycles. The van der Waals surface area contributed by atoms with Gasteiger partial charge in [-0.15, -0.1) is 0 Å². The molecular formula is C12H10Cl2N2O2. The second-order valence-corrected chi connectivity index (χ2v) is 4.48. The van der Waals surface area contributed by atoms with Crippen LogP contribution in [0.25, 0.3) is 0 Å². The minimum atomic E-state index is -0.256. The molecule has 0 aliphatic carbocycles. The highest BCUT2D eigenvalue weighted by atomic mass is 35.5. The Hall–Kier alpha value is -1.52. The summed E-state index contributed by atoms with van der Waals surface area (Å²) in [4.78, 5) is 12.4. The molecule has 0 fully saturated rings. The van der Waals surface area contributed by atoms with Crippen molar-refractivity contribution < 1.29 is 9.53 Å². The lowest BCUT2D eigenvalue weighted by Gasteiger charge is -2.08. The van der Waals surface area contributed by atoms with Gasteiger partial charge in [-0.1, -0.05) is 23.2 Å². The van der Waals surface area contributed by atoms with E-state index in [1.165, 1.54) is 18.0 Å². The summed E-state index contributed by atoms with van der Waals surface area (Å²) in [6.45, 7) is 0. The molecule has 1 heterocycles. The van der Waals surface area contributed by atoms with Crippen LogP contribution in [0.1, 0.15) is 16.1 Å². The molecule has 0 aliphatic rings. The van der Waals surface area contributed by atoms with E-state index < -0.39 is 0 Å². The molecule has 0 amide bonds. The molecule has 0 N–H and O–H groups in total. The molecule has 0 saturated carbocycles. The quantitative estimate of drug-likeness (QED) is 0.814. The standard InChI is InChI=1S/C12H10Cl2N2O2/c1-16-11(9(14)6-15-16)12(17)8-4-3-7(13)5-10(8)18-2/h3-6H,1-2H3. The van der Waals surface area contributed by atoms with E-state index >= 15 is 0 Å². The Morgan fingerprint density at radius 3 is 2.67 bits per heavy atom. The van der Waals surface area contributed by atoms with E-state index in [0.717, 1.165) is 0 Å². The molecule has 18 heavy (non-hydrogen) atoms. The van der Waals surface area contributed by atoms with Gasteiger partial charge in [0.1, 0.15) is 11.4 Å². The van der Waals surface area contributed by atoms with E-state index in [1.54, 1.807) is 25.2 Å². The number of nitrogens with zero attached hydrogens (tertiary/aromatic N) is 2. The summed E-state index contributed by atoms with van der Waals surface area (Å²) in [6.07, 6.45) is 1.43. The van der Waals surface area contributed by atoms with E-state index in [9.17, 15) is 4.79 Å². The van der Waals surface area contributed by atoms with Gasteiger partial charge < -0.3 is 4.74 Å². The fourth-order valence-corrected chi connectivity index (χ4v) is 2.06. The van der Waals surface area contributed by atoms with Crippen LogP contribution in [0, 0.1) is 0 Å². The normalized spacial score (nSPS) is 10.4. The molecule has 0 unspecified atom stereocenters. The molecule has 0 atom stereocenters. The van der Waals surface area contributed by atoms with Crippen molar-refractivity contribution in [1.29, 1.82) is 0 Å². The number of rotatable bonds is 3. The zero-order valence-electron chi connectivity index (χ0n) is 9.78. The summed E-state index contributed by atoms with van der Waals surface area (Å²) in [5, 5.41) is 4.74. The van der Waals surface area contributed by atoms with Gasteiger partial charge in [0, 0.05) is 12.1 Å². The Bertz CT molecular complexity index is 589. The first kappa shape index (κ1) is 12.9. The van der Waals surface area contributed by atoms with E-state index in [4.69, 9.17) is 27.9 Å². The van der Waals surface area contributed by atoms with Crippen LogP contribution in [-0.4, -0.2) is 22.7 Å². The van der Waals surface area contributed by atoms with Crippen molar-refractivity contribution in [2.45, 2.75) is 0 Å². The number of aryl methyl sites for hydroxylation is 1. The molecule has 0 radical (unpaired) electrons. The van der Waals surface area contributed by atoms with Crippen LogP contribution in [0.15, 0.2) is 24.4 Å². The first-order valence-corrected chi connectivity index (χ1v) is 5.86. The van der Waals surface area contributed by atoms with Crippen LogP contribution in [0.3, 0.4) is 0 Å². The molecule has 0 saturated heterocycles. The predicted molar refractivity (Wildman–Crippen MR) is 69.7 cm³/mol. The number of ether oxygens (including phenoxy) is 1. The van der Waals surface area contributed by atoms with Gasteiger partial charge in [0.2, 0.25) is 5.78 Å². The molecule has 2 rings (SSSR count). The van der Waals surface area contributed by atoms with Crippen LogP contribution in [-0.2, 0) is 7.05 Å². The van der Waals surface area contributed by atoms with Gasteiger partial charge in [0.25, 0.3) is 0 Å². The SMILES string of the molecule is COc1cc(Cl)ccc1C(=O)c1c(Cl)cnn1C. The molecule has 2 aromatic rings. The summed E-state index contributed by atoms with van der Waals surface area (Å²) in [5.74, 6) is 0.151. The predicted octanol–water partition coefficient (Wildman–Crippen LogP) is 2.97. The third-order valence-corrected chi connectivity index (χ3v) is 3.03. The summed E-state index contributed by atoms with van der Waals surface area (Å²) in [5.41, 5.74) is 0.713. The molecule has 0 aliphatic heterocycles. The number of carbonyl (C=O) groups is 1. The van der Waals surface area contributed by atoms with Crippen LogP contribution in [0.5, 0.6) is 5.75 Å². The van der Waals surface area contributed by atoms with Crippen LogP contribution in [0.4, 0.5) is 0 Å². The topological polar surface area (TPSA) is 44.1 Å². The van der Waals surface area contributed by atoms with Crippen molar-refractivity contribution >= 4 is 29.0 Å². The fourth-order valence-electron chi connectivity index (χ4n) is 1.65. The summed E-state index contributed by atoms with van der Waals surface area (Å²) in [7, 11) is 3.13. The maximum atomic E-state index is 12.4. The second kappa shape index (κ2) is 5.00. The third kappa shape index (κ3) is 2.21. The maximum Gasteiger partial charge on any atom is 0.216 e. The van der Waals surface area contributed by atoms with Crippen LogP contribution in [0.2, 0.25) is 10.0 Å². The number of hydrogen-bond acceptors (Lipinski definition) is 3. The van der Waals surface area contributed by atoms with Gasteiger partial charge in [0.15, 0.2) is 0 Å². The van der Waals surface area contributed by atoms with Crippen molar-refractivity contribution in [1.82, 2.24) is 9.78 Å². The van der Waals surface area contributed by atoms with Gasteiger partial charge in [-0.2, -0.15) is 5.10 Å². The van der Waals surface area contributed by atoms with Gasteiger partial charge in [0.05, 0.1) is 23.9 Å². The Balaban J connectivity index is 2.53. The highest BCUT2D eigenvalue weighted by Crippen LogP contribution is 2.27. The van der Waals surface area contributed by atoms with Crippen molar-refractivity contribution in [2.75, 3.05) is 7.11 Å². The summed E-state index contributed by atoms with van der Waals surface area (Å²) in [6, 6.07) is 4.81. The molecule has 6 heteroatoms. The first-order valence-electron chi connectivity index (χ1n) is 5.10. The Morgan fingerprint density at radius 1 is 1.39 bits per heavy atom. The highest BCUT2D eigenvalue weighted by molar-refractivity contribution is 6.35. The lowest BCUT2D eigenvalue weighted by molar-refractivity contribution is 0.102. The van der Waals surface area contributed by atoms with E-state index in [0.29, 0.717) is 27.1 Å². The van der Waals surface area contributed by atoms with E-state index in [2.05, 4.69) is 5.10 Å². The van der Waals surface area contributed by atoms with Crippen molar-refractivity contribution in [3.8, 4) is 5.75 Å². The largest absolute Gasteiger partial charge is 0.496 e. The van der Waals surface area contributed by atoms with E-state index in [1.807, 2.05) is 0 Å². The number of benzene rings is 1. The van der Waals surface area contributed by atoms with Gasteiger partial charge >= 0.3 is 0 Å². The van der Waals surface area contributed by atoms with Gasteiger partial charge in [-0.25, -0.2) is 0 Å². The van der Waals surface area contributed by atoms with E-state index in [-0.39, 0.29) is 5.78 Å². The number of ketones is 1. The van der Waals surface area contributed by atoms with Crippen LogP contribution < -0.4 is 4.74 Å². The molecule has 0 spiro atoms. The average molecular weight is 285 g/mol. The molecule has 4 nitrogen and oxygen atoms in total. The number of methoxy groups -OCH3 is 1.